The topological polar surface area (TPSA) is 35.5 Å². The van der Waals surface area contributed by atoms with Crippen molar-refractivity contribution in [3.8, 4) is 0 Å². The predicted molar refractivity (Wildman–Crippen MR) is 57.6 cm³/mol. The van der Waals surface area contributed by atoms with Crippen LogP contribution in [0, 0.1) is 0 Å². The Morgan fingerprint density at radius 2 is 2.00 bits per heavy atom. The van der Waals surface area contributed by atoms with E-state index in [1.807, 2.05) is 30.3 Å². The molecule has 3 nitrogen and oxygen atoms in total. The lowest BCUT2D eigenvalue weighted by atomic mass is 10.2. The van der Waals surface area contributed by atoms with Crippen molar-refractivity contribution in [2.45, 2.75) is 19.6 Å². The number of ether oxygens (including phenoxy) is 2. The zero-order valence-electron chi connectivity index (χ0n) is 9.10. The molecule has 0 spiro atoms. The van der Waals surface area contributed by atoms with Crippen molar-refractivity contribution >= 4 is 5.78 Å². The van der Waals surface area contributed by atoms with E-state index in [1.165, 1.54) is 7.11 Å². The Morgan fingerprint density at radius 3 is 2.60 bits per heavy atom. The minimum atomic E-state index is -0.412. The maximum Gasteiger partial charge on any atom is 0.186 e. The Morgan fingerprint density at radius 1 is 1.33 bits per heavy atom. The second-order valence-corrected chi connectivity index (χ2v) is 3.34. The van der Waals surface area contributed by atoms with E-state index in [9.17, 15) is 4.79 Å². The third-order valence-corrected chi connectivity index (χ3v) is 2.08. The summed E-state index contributed by atoms with van der Waals surface area (Å²) in [5.41, 5.74) is 1.06. The Balaban J connectivity index is 2.34. The van der Waals surface area contributed by atoms with E-state index in [2.05, 4.69) is 0 Å². The standard InChI is InChI=1S/C12H16O3/c1-10(12(13)9-14-2)15-8-11-6-4-3-5-7-11/h3-7,10H,8-9H2,1-2H3. The molecule has 15 heavy (non-hydrogen) atoms. The lowest BCUT2D eigenvalue weighted by molar-refractivity contribution is -0.133. The maximum atomic E-state index is 11.3. The molecule has 0 bridgehead atoms. The molecule has 0 aromatic heterocycles. The molecule has 1 atom stereocenters. The molecule has 0 heterocycles. The summed E-state index contributed by atoms with van der Waals surface area (Å²) in [7, 11) is 1.50. The normalized spacial score (nSPS) is 12.4. The Bertz CT molecular complexity index is 295. The molecule has 1 aromatic carbocycles. The van der Waals surface area contributed by atoms with Gasteiger partial charge in [0.2, 0.25) is 0 Å². The number of Topliss-reactive ketones (excluding diaryl/α,β-unsaturated/α-hetero) is 1. The fraction of sp³-hybridized carbons (Fsp3) is 0.417. The number of carbonyl (C=O) groups is 1. The average Bonchev–Trinajstić information content (AvgIpc) is 2.27. The molecule has 1 rings (SSSR count). The van der Waals surface area contributed by atoms with Gasteiger partial charge in [-0.3, -0.25) is 4.79 Å². The third-order valence-electron chi connectivity index (χ3n) is 2.08. The molecule has 0 aliphatic rings. The Labute approximate surface area is 90.0 Å². The fourth-order valence-electron chi connectivity index (χ4n) is 1.15. The number of rotatable bonds is 6. The molecule has 0 aliphatic heterocycles. The van der Waals surface area contributed by atoms with Crippen LogP contribution in [0.4, 0.5) is 0 Å². The molecular formula is C12H16O3. The van der Waals surface area contributed by atoms with Crippen LogP contribution in [0.5, 0.6) is 0 Å². The van der Waals surface area contributed by atoms with Crippen molar-refractivity contribution < 1.29 is 14.3 Å². The van der Waals surface area contributed by atoms with Crippen LogP contribution in [0.1, 0.15) is 12.5 Å². The quantitative estimate of drug-likeness (QED) is 0.715. The summed E-state index contributed by atoms with van der Waals surface area (Å²) in [6.07, 6.45) is -0.412. The van der Waals surface area contributed by atoms with Crippen LogP contribution in [-0.2, 0) is 20.9 Å². The van der Waals surface area contributed by atoms with Gasteiger partial charge in [0, 0.05) is 7.11 Å². The molecule has 1 unspecified atom stereocenters. The predicted octanol–water partition coefficient (Wildman–Crippen LogP) is 1.81. The fourth-order valence-corrected chi connectivity index (χ4v) is 1.15. The van der Waals surface area contributed by atoms with E-state index in [0.717, 1.165) is 5.56 Å². The number of hydrogen-bond acceptors (Lipinski definition) is 3. The van der Waals surface area contributed by atoms with Crippen LogP contribution in [0.2, 0.25) is 0 Å². The van der Waals surface area contributed by atoms with E-state index in [0.29, 0.717) is 6.61 Å². The number of hydrogen-bond donors (Lipinski definition) is 0. The van der Waals surface area contributed by atoms with E-state index in [1.54, 1.807) is 6.92 Å². The van der Waals surface area contributed by atoms with Gasteiger partial charge < -0.3 is 9.47 Å². The van der Waals surface area contributed by atoms with E-state index in [-0.39, 0.29) is 12.4 Å². The minimum Gasteiger partial charge on any atom is -0.377 e. The number of benzene rings is 1. The maximum absolute atomic E-state index is 11.3. The van der Waals surface area contributed by atoms with Crippen molar-refractivity contribution in [2.75, 3.05) is 13.7 Å². The lowest BCUT2D eigenvalue weighted by Gasteiger charge is -2.11. The van der Waals surface area contributed by atoms with Gasteiger partial charge in [0.1, 0.15) is 12.7 Å². The first kappa shape index (κ1) is 11.9. The van der Waals surface area contributed by atoms with Crippen LogP contribution >= 0.6 is 0 Å². The summed E-state index contributed by atoms with van der Waals surface area (Å²) in [6, 6.07) is 9.77. The molecule has 0 radical (unpaired) electrons. The molecule has 0 saturated heterocycles. The van der Waals surface area contributed by atoms with Crippen molar-refractivity contribution in [1.82, 2.24) is 0 Å². The third kappa shape index (κ3) is 4.23. The smallest absolute Gasteiger partial charge is 0.186 e. The SMILES string of the molecule is COCC(=O)C(C)OCc1ccccc1. The Hall–Kier alpha value is -1.19. The second kappa shape index (κ2) is 6.32. The molecule has 0 aliphatic carbocycles. The number of methoxy groups -OCH3 is 1. The zero-order valence-corrected chi connectivity index (χ0v) is 9.10. The van der Waals surface area contributed by atoms with Crippen LogP contribution in [-0.4, -0.2) is 25.6 Å². The van der Waals surface area contributed by atoms with Gasteiger partial charge in [0.15, 0.2) is 5.78 Å². The zero-order chi connectivity index (χ0) is 11.1. The van der Waals surface area contributed by atoms with Crippen molar-refractivity contribution in [1.29, 1.82) is 0 Å². The number of carbonyl (C=O) groups excluding carboxylic acids is 1. The average molecular weight is 208 g/mol. The summed E-state index contributed by atoms with van der Waals surface area (Å²) >= 11 is 0. The Kier molecular flexibility index (Phi) is 5.01. The molecule has 0 amide bonds. The van der Waals surface area contributed by atoms with Gasteiger partial charge in [0.25, 0.3) is 0 Å². The van der Waals surface area contributed by atoms with Crippen molar-refractivity contribution in [3.05, 3.63) is 35.9 Å². The highest BCUT2D eigenvalue weighted by Crippen LogP contribution is 2.03. The van der Waals surface area contributed by atoms with Gasteiger partial charge in [-0.2, -0.15) is 0 Å². The van der Waals surface area contributed by atoms with Crippen molar-refractivity contribution in [2.24, 2.45) is 0 Å². The molecule has 3 heteroatoms. The first-order valence-electron chi connectivity index (χ1n) is 4.91. The molecule has 0 fully saturated rings. The highest BCUT2D eigenvalue weighted by molar-refractivity contribution is 5.83. The second-order valence-electron chi connectivity index (χ2n) is 3.34. The summed E-state index contributed by atoms with van der Waals surface area (Å²) in [4.78, 5) is 11.3. The van der Waals surface area contributed by atoms with Crippen LogP contribution in [0.25, 0.3) is 0 Å². The van der Waals surface area contributed by atoms with E-state index < -0.39 is 6.10 Å². The summed E-state index contributed by atoms with van der Waals surface area (Å²) < 4.78 is 10.2. The largest absolute Gasteiger partial charge is 0.377 e. The molecular weight excluding hydrogens is 192 g/mol. The first-order chi connectivity index (χ1) is 7.24. The van der Waals surface area contributed by atoms with Crippen LogP contribution in [0.3, 0.4) is 0 Å². The molecule has 0 saturated carbocycles. The van der Waals surface area contributed by atoms with Gasteiger partial charge in [-0.15, -0.1) is 0 Å². The molecule has 82 valence electrons. The van der Waals surface area contributed by atoms with Gasteiger partial charge in [0.05, 0.1) is 6.61 Å². The monoisotopic (exact) mass is 208 g/mol. The first-order valence-corrected chi connectivity index (χ1v) is 4.91. The van der Waals surface area contributed by atoms with Crippen LogP contribution < -0.4 is 0 Å². The van der Waals surface area contributed by atoms with Crippen molar-refractivity contribution in [3.63, 3.8) is 0 Å². The lowest BCUT2D eigenvalue weighted by Crippen LogP contribution is -2.24. The summed E-state index contributed by atoms with van der Waals surface area (Å²) in [5, 5.41) is 0. The van der Waals surface area contributed by atoms with E-state index >= 15 is 0 Å². The molecule has 1 aromatic rings. The summed E-state index contributed by atoms with van der Waals surface area (Å²) in [5.74, 6) is -0.0339. The molecule has 0 N–H and O–H groups in total. The van der Waals surface area contributed by atoms with Gasteiger partial charge >= 0.3 is 0 Å². The van der Waals surface area contributed by atoms with Gasteiger partial charge in [-0.25, -0.2) is 0 Å². The van der Waals surface area contributed by atoms with Gasteiger partial charge in [-0.1, -0.05) is 30.3 Å². The summed E-state index contributed by atoms with van der Waals surface area (Å²) in [6.45, 7) is 2.30. The number of ketones is 1. The van der Waals surface area contributed by atoms with Crippen LogP contribution in [0.15, 0.2) is 30.3 Å². The highest BCUT2D eigenvalue weighted by Gasteiger charge is 2.12. The van der Waals surface area contributed by atoms with E-state index in [4.69, 9.17) is 9.47 Å². The van der Waals surface area contributed by atoms with Gasteiger partial charge in [-0.05, 0) is 12.5 Å². The minimum absolute atomic E-state index is 0.0339. The highest BCUT2D eigenvalue weighted by atomic mass is 16.5.